The zero-order valence-corrected chi connectivity index (χ0v) is 17.1. The van der Waals surface area contributed by atoms with Gasteiger partial charge in [0.05, 0.1) is 35.7 Å². The standard InChI is InChI=1S/C21H27N5O3/c1-15(27)22-11-17-13-26(14-23-17)19-9-5-4-8-18(19)21(29)25-10-6-7-16(12-25)20(28)24(2)3/h4-5,8-9,13-14,16H,6-7,10-12H2,1-3H3,(H,22,27). The van der Waals surface area contributed by atoms with Crippen LogP contribution >= 0.6 is 0 Å². The number of rotatable bonds is 5. The van der Waals surface area contributed by atoms with Crippen molar-refractivity contribution < 1.29 is 14.4 Å². The largest absolute Gasteiger partial charge is 0.351 e. The number of nitrogens with zero attached hydrogens (tertiary/aromatic N) is 4. The van der Waals surface area contributed by atoms with Crippen LogP contribution in [-0.4, -0.2) is 64.3 Å². The molecule has 1 fully saturated rings. The Balaban J connectivity index is 1.80. The van der Waals surface area contributed by atoms with Gasteiger partial charge in [0.25, 0.3) is 5.91 Å². The van der Waals surface area contributed by atoms with Crippen LogP contribution in [0.4, 0.5) is 0 Å². The number of likely N-dealkylation sites (tertiary alicyclic amines) is 1. The fourth-order valence-electron chi connectivity index (χ4n) is 3.58. The molecule has 0 aliphatic carbocycles. The third-order valence-corrected chi connectivity index (χ3v) is 5.07. The zero-order chi connectivity index (χ0) is 21.0. The summed E-state index contributed by atoms with van der Waals surface area (Å²) in [5, 5.41) is 2.71. The van der Waals surface area contributed by atoms with E-state index in [0.717, 1.165) is 18.5 Å². The quantitative estimate of drug-likeness (QED) is 0.827. The van der Waals surface area contributed by atoms with Crippen LogP contribution in [0.2, 0.25) is 0 Å². The summed E-state index contributed by atoms with van der Waals surface area (Å²) in [4.78, 5) is 44.4. The van der Waals surface area contributed by atoms with E-state index in [4.69, 9.17) is 0 Å². The average molecular weight is 397 g/mol. The van der Waals surface area contributed by atoms with Crippen molar-refractivity contribution in [3.8, 4) is 5.69 Å². The van der Waals surface area contributed by atoms with E-state index in [1.165, 1.54) is 6.92 Å². The summed E-state index contributed by atoms with van der Waals surface area (Å²) in [5.41, 5.74) is 1.99. The van der Waals surface area contributed by atoms with Crippen LogP contribution in [0.15, 0.2) is 36.8 Å². The van der Waals surface area contributed by atoms with E-state index in [1.807, 2.05) is 18.2 Å². The Hall–Kier alpha value is -3.16. The summed E-state index contributed by atoms with van der Waals surface area (Å²) in [6, 6.07) is 7.36. The van der Waals surface area contributed by atoms with E-state index >= 15 is 0 Å². The molecule has 154 valence electrons. The maximum Gasteiger partial charge on any atom is 0.256 e. The molecule has 2 heterocycles. The van der Waals surface area contributed by atoms with Crippen LogP contribution in [0, 0.1) is 5.92 Å². The lowest BCUT2D eigenvalue weighted by molar-refractivity contribution is -0.134. The van der Waals surface area contributed by atoms with Crippen LogP contribution in [-0.2, 0) is 16.1 Å². The summed E-state index contributed by atoms with van der Waals surface area (Å²) in [7, 11) is 3.49. The Morgan fingerprint density at radius 3 is 2.72 bits per heavy atom. The number of carbonyl (C=O) groups is 3. The molecule has 1 atom stereocenters. The van der Waals surface area contributed by atoms with Gasteiger partial charge in [-0.25, -0.2) is 4.98 Å². The fraction of sp³-hybridized carbons (Fsp3) is 0.429. The van der Waals surface area contributed by atoms with E-state index < -0.39 is 0 Å². The summed E-state index contributed by atoms with van der Waals surface area (Å²) in [5.74, 6) is -0.309. The van der Waals surface area contributed by atoms with Crippen molar-refractivity contribution >= 4 is 17.7 Å². The second kappa shape index (κ2) is 8.89. The highest BCUT2D eigenvalue weighted by Crippen LogP contribution is 2.23. The third-order valence-electron chi connectivity index (χ3n) is 5.07. The monoisotopic (exact) mass is 397 g/mol. The molecular formula is C21H27N5O3. The highest BCUT2D eigenvalue weighted by molar-refractivity contribution is 5.98. The minimum absolute atomic E-state index is 0.0630. The van der Waals surface area contributed by atoms with Crippen molar-refractivity contribution in [3.05, 3.63) is 48.0 Å². The minimum Gasteiger partial charge on any atom is -0.351 e. The molecule has 1 unspecified atom stereocenters. The molecule has 8 nitrogen and oxygen atoms in total. The third kappa shape index (κ3) is 4.82. The lowest BCUT2D eigenvalue weighted by Crippen LogP contribution is -2.45. The molecule has 1 aromatic heterocycles. The Morgan fingerprint density at radius 1 is 1.24 bits per heavy atom. The predicted molar refractivity (Wildman–Crippen MR) is 108 cm³/mol. The van der Waals surface area contributed by atoms with E-state index in [0.29, 0.717) is 30.9 Å². The van der Waals surface area contributed by atoms with Crippen molar-refractivity contribution in [1.82, 2.24) is 24.7 Å². The Bertz CT molecular complexity index is 905. The molecule has 1 aliphatic rings. The molecule has 3 amide bonds. The Morgan fingerprint density at radius 2 is 2.00 bits per heavy atom. The second-order valence-corrected chi connectivity index (χ2v) is 7.52. The number of piperidine rings is 1. The molecule has 1 saturated heterocycles. The summed E-state index contributed by atoms with van der Waals surface area (Å²) < 4.78 is 1.79. The SMILES string of the molecule is CC(=O)NCc1cn(-c2ccccc2C(=O)N2CCCC(C(=O)N(C)C)C2)cn1. The van der Waals surface area contributed by atoms with Crippen molar-refractivity contribution in [2.24, 2.45) is 5.92 Å². The average Bonchev–Trinajstić information content (AvgIpc) is 3.20. The van der Waals surface area contributed by atoms with E-state index in [1.54, 1.807) is 47.1 Å². The lowest BCUT2D eigenvalue weighted by atomic mass is 9.96. The number of amides is 3. The van der Waals surface area contributed by atoms with Gasteiger partial charge >= 0.3 is 0 Å². The maximum absolute atomic E-state index is 13.3. The molecule has 1 aliphatic heterocycles. The summed E-state index contributed by atoms with van der Waals surface area (Å²) in [6.07, 6.45) is 5.05. The van der Waals surface area contributed by atoms with E-state index in [9.17, 15) is 14.4 Å². The molecule has 3 rings (SSSR count). The Labute approximate surface area is 170 Å². The van der Waals surface area contributed by atoms with Crippen molar-refractivity contribution in [3.63, 3.8) is 0 Å². The molecule has 8 heteroatoms. The second-order valence-electron chi connectivity index (χ2n) is 7.52. The first-order chi connectivity index (χ1) is 13.9. The van der Waals surface area contributed by atoms with Crippen LogP contribution in [0.3, 0.4) is 0 Å². The number of aromatic nitrogens is 2. The van der Waals surface area contributed by atoms with E-state index in [-0.39, 0.29) is 23.6 Å². The molecule has 1 aromatic carbocycles. The molecule has 1 N–H and O–H groups in total. The van der Waals surface area contributed by atoms with E-state index in [2.05, 4.69) is 10.3 Å². The summed E-state index contributed by atoms with van der Waals surface area (Å²) >= 11 is 0. The van der Waals surface area contributed by atoms with Crippen LogP contribution < -0.4 is 5.32 Å². The number of para-hydroxylation sites is 1. The van der Waals surface area contributed by atoms with Gasteiger partial charge in [-0.3, -0.25) is 14.4 Å². The predicted octanol–water partition coefficient (Wildman–Crippen LogP) is 1.45. The van der Waals surface area contributed by atoms with Gasteiger partial charge in [-0.05, 0) is 25.0 Å². The van der Waals surface area contributed by atoms with Crippen molar-refractivity contribution in [1.29, 1.82) is 0 Å². The highest BCUT2D eigenvalue weighted by Gasteiger charge is 2.30. The number of carbonyl (C=O) groups excluding carboxylic acids is 3. The Kier molecular flexibility index (Phi) is 6.31. The van der Waals surface area contributed by atoms with Gasteiger partial charge in [0.2, 0.25) is 11.8 Å². The number of benzene rings is 1. The number of hydrogen-bond acceptors (Lipinski definition) is 4. The number of hydrogen-bond donors (Lipinski definition) is 1. The van der Waals surface area contributed by atoms with Crippen LogP contribution in [0.25, 0.3) is 5.69 Å². The molecule has 0 spiro atoms. The molecule has 0 saturated carbocycles. The smallest absolute Gasteiger partial charge is 0.256 e. The highest BCUT2D eigenvalue weighted by atomic mass is 16.2. The zero-order valence-electron chi connectivity index (χ0n) is 17.1. The molecule has 0 bridgehead atoms. The van der Waals surface area contributed by atoms with Gasteiger partial charge in [-0.15, -0.1) is 0 Å². The van der Waals surface area contributed by atoms with Gasteiger partial charge in [0.1, 0.15) is 0 Å². The molecule has 0 radical (unpaired) electrons. The summed E-state index contributed by atoms with van der Waals surface area (Å²) in [6.45, 7) is 2.86. The van der Waals surface area contributed by atoms with Crippen LogP contribution in [0.1, 0.15) is 35.8 Å². The number of imidazole rings is 1. The first kappa shape index (κ1) is 20.6. The minimum atomic E-state index is -0.160. The fourth-order valence-corrected chi connectivity index (χ4v) is 3.58. The van der Waals surface area contributed by atoms with Crippen molar-refractivity contribution in [2.45, 2.75) is 26.3 Å². The first-order valence-electron chi connectivity index (χ1n) is 9.74. The first-order valence-corrected chi connectivity index (χ1v) is 9.74. The maximum atomic E-state index is 13.3. The van der Waals surface area contributed by atoms with Crippen molar-refractivity contribution in [2.75, 3.05) is 27.2 Å². The number of nitrogens with one attached hydrogen (secondary N) is 1. The molecule has 2 aromatic rings. The van der Waals surface area contributed by atoms with Gasteiger partial charge in [-0.2, -0.15) is 0 Å². The van der Waals surface area contributed by atoms with Gasteiger partial charge < -0.3 is 19.7 Å². The van der Waals surface area contributed by atoms with Gasteiger partial charge in [0, 0.05) is 40.3 Å². The lowest BCUT2D eigenvalue weighted by Gasteiger charge is -2.33. The van der Waals surface area contributed by atoms with Gasteiger partial charge in [-0.1, -0.05) is 12.1 Å². The van der Waals surface area contributed by atoms with Gasteiger partial charge in [0.15, 0.2) is 0 Å². The normalized spacial score (nSPS) is 16.4. The topological polar surface area (TPSA) is 87.5 Å². The molecular weight excluding hydrogens is 370 g/mol. The van der Waals surface area contributed by atoms with Crippen LogP contribution in [0.5, 0.6) is 0 Å². The molecule has 29 heavy (non-hydrogen) atoms.